The first-order valence-electron chi connectivity index (χ1n) is 5.39. The van der Waals surface area contributed by atoms with E-state index in [0.717, 1.165) is 5.56 Å². The van der Waals surface area contributed by atoms with Crippen LogP contribution in [-0.4, -0.2) is 18.5 Å². The zero-order chi connectivity index (χ0) is 12.0. The molecule has 1 aromatic carbocycles. The van der Waals surface area contributed by atoms with E-state index in [-0.39, 0.29) is 17.8 Å². The SMILES string of the molecule is CCNC(=O)C(C)NCc1cccc(F)c1. The van der Waals surface area contributed by atoms with Crippen molar-refractivity contribution in [2.45, 2.75) is 26.4 Å². The summed E-state index contributed by atoms with van der Waals surface area (Å²) in [4.78, 5) is 11.4. The zero-order valence-electron chi connectivity index (χ0n) is 9.59. The van der Waals surface area contributed by atoms with Gasteiger partial charge in [0.1, 0.15) is 5.82 Å². The van der Waals surface area contributed by atoms with Crippen LogP contribution >= 0.6 is 0 Å². The number of rotatable bonds is 5. The Kier molecular flexibility index (Phi) is 4.92. The largest absolute Gasteiger partial charge is 0.355 e. The molecule has 0 aliphatic rings. The van der Waals surface area contributed by atoms with E-state index in [0.29, 0.717) is 13.1 Å². The van der Waals surface area contributed by atoms with Crippen molar-refractivity contribution < 1.29 is 9.18 Å². The van der Waals surface area contributed by atoms with Crippen LogP contribution in [0.15, 0.2) is 24.3 Å². The highest BCUT2D eigenvalue weighted by molar-refractivity contribution is 5.81. The number of likely N-dealkylation sites (N-methyl/N-ethyl adjacent to an activating group) is 1. The van der Waals surface area contributed by atoms with Crippen LogP contribution in [0.4, 0.5) is 4.39 Å². The zero-order valence-corrected chi connectivity index (χ0v) is 9.59. The number of benzene rings is 1. The molecule has 1 rings (SSSR count). The van der Waals surface area contributed by atoms with Gasteiger partial charge in [-0.2, -0.15) is 0 Å². The normalized spacial score (nSPS) is 12.2. The van der Waals surface area contributed by atoms with Crippen LogP contribution in [-0.2, 0) is 11.3 Å². The molecule has 0 aliphatic carbocycles. The molecule has 0 heterocycles. The van der Waals surface area contributed by atoms with Crippen LogP contribution in [0, 0.1) is 5.82 Å². The van der Waals surface area contributed by atoms with Crippen molar-refractivity contribution >= 4 is 5.91 Å². The van der Waals surface area contributed by atoms with Gasteiger partial charge in [-0.05, 0) is 31.5 Å². The quantitative estimate of drug-likeness (QED) is 0.794. The van der Waals surface area contributed by atoms with Gasteiger partial charge in [-0.1, -0.05) is 12.1 Å². The van der Waals surface area contributed by atoms with Crippen molar-refractivity contribution in [3.8, 4) is 0 Å². The van der Waals surface area contributed by atoms with Crippen LogP contribution in [0.5, 0.6) is 0 Å². The fourth-order valence-electron chi connectivity index (χ4n) is 1.34. The third-order valence-electron chi connectivity index (χ3n) is 2.25. The molecule has 0 aromatic heterocycles. The Morgan fingerprint density at radius 3 is 2.88 bits per heavy atom. The number of amides is 1. The van der Waals surface area contributed by atoms with E-state index in [9.17, 15) is 9.18 Å². The average Bonchev–Trinajstić information content (AvgIpc) is 2.26. The summed E-state index contributed by atoms with van der Waals surface area (Å²) in [7, 11) is 0. The minimum absolute atomic E-state index is 0.0427. The third-order valence-corrected chi connectivity index (χ3v) is 2.25. The summed E-state index contributed by atoms with van der Waals surface area (Å²) in [5, 5.41) is 5.75. The number of carbonyl (C=O) groups is 1. The molecule has 0 saturated heterocycles. The smallest absolute Gasteiger partial charge is 0.236 e. The van der Waals surface area contributed by atoms with E-state index in [1.165, 1.54) is 12.1 Å². The maximum Gasteiger partial charge on any atom is 0.236 e. The lowest BCUT2D eigenvalue weighted by molar-refractivity contribution is -0.122. The summed E-state index contributed by atoms with van der Waals surface area (Å²) in [6, 6.07) is 6.06. The van der Waals surface area contributed by atoms with E-state index < -0.39 is 0 Å². The average molecular weight is 224 g/mol. The minimum atomic E-state index is -0.275. The van der Waals surface area contributed by atoms with Gasteiger partial charge in [0.05, 0.1) is 6.04 Å². The Hall–Kier alpha value is -1.42. The standard InChI is InChI=1S/C12H17FN2O/c1-3-14-12(16)9(2)15-8-10-5-4-6-11(13)7-10/h4-7,9,15H,3,8H2,1-2H3,(H,14,16). The number of hydrogen-bond donors (Lipinski definition) is 2. The molecule has 3 nitrogen and oxygen atoms in total. The molecule has 0 aliphatic heterocycles. The molecule has 1 unspecified atom stereocenters. The van der Waals surface area contributed by atoms with Crippen LogP contribution in [0.2, 0.25) is 0 Å². The Morgan fingerprint density at radius 1 is 1.50 bits per heavy atom. The van der Waals surface area contributed by atoms with Crippen LogP contribution in [0.1, 0.15) is 19.4 Å². The molecule has 88 valence electrons. The van der Waals surface area contributed by atoms with Crippen molar-refractivity contribution in [3.63, 3.8) is 0 Å². The summed E-state index contributed by atoms with van der Waals surface area (Å²) < 4.78 is 12.9. The molecule has 4 heteroatoms. The van der Waals surface area contributed by atoms with Gasteiger partial charge in [-0.3, -0.25) is 4.79 Å². The molecule has 0 spiro atoms. The van der Waals surface area contributed by atoms with Crippen molar-refractivity contribution in [2.75, 3.05) is 6.54 Å². The fraction of sp³-hybridized carbons (Fsp3) is 0.417. The van der Waals surface area contributed by atoms with E-state index in [4.69, 9.17) is 0 Å². The predicted octanol–water partition coefficient (Wildman–Crippen LogP) is 1.44. The van der Waals surface area contributed by atoms with Gasteiger partial charge in [0.2, 0.25) is 5.91 Å². The molecule has 0 radical (unpaired) electrons. The Labute approximate surface area is 95.0 Å². The third kappa shape index (κ3) is 3.98. The summed E-state index contributed by atoms with van der Waals surface area (Å²) in [6.07, 6.45) is 0. The van der Waals surface area contributed by atoms with Gasteiger partial charge in [-0.25, -0.2) is 4.39 Å². The van der Waals surface area contributed by atoms with Crippen molar-refractivity contribution in [2.24, 2.45) is 0 Å². The monoisotopic (exact) mass is 224 g/mol. The van der Waals surface area contributed by atoms with E-state index in [1.807, 2.05) is 13.0 Å². The lowest BCUT2D eigenvalue weighted by Gasteiger charge is -2.13. The van der Waals surface area contributed by atoms with Crippen molar-refractivity contribution in [1.82, 2.24) is 10.6 Å². The Balaban J connectivity index is 2.42. The van der Waals surface area contributed by atoms with Gasteiger partial charge >= 0.3 is 0 Å². The number of halogens is 1. The van der Waals surface area contributed by atoms with Gasteiger partial charge in [0.15, 0.2) is 0 Å². The molecular weight excluding hydrogens is 207 g/mol. The lowest BCUT2D eigenvalue weighted by atomic mass is 10.2. The molecular formula is C12H17FN2O. The molecule has 0 bridgehead atoms. The fourth-order valence-corrected chi connectivity index (χ4v) is 1.34. The van der Waals surface area contributed by atoms with Gasteiger partial charge in [-0.15, -0.1) is 0 Å². The number of carbonyl (C=O) groups excluding carboxylic acids is 1. The molecule has 1 atom stereocenters. The minimum Gasteiger partial charge on any atom is -0.355 e. The van der Waals surface area contributed by atoms with Gasteiger partial charge in [0, 0.05) is 13.1 Å². The first-order chi connectivity index (χ1) is 7.63. The molecule has 0 fully saturated rings. The number of hydrogen-bond acceptors (Lipinski definition) is 2. The Morgan fingerprint density at radius 2 is 2.25 bits per heavy atom. The summed E-state index contributed by atoms with van der Waals surface area (Å²) >= 11 is 0. The lowest BCUT2D eigenvalue weighted by Crippen LogP contribution is -2.41. The maximum atomic E-state index is 12.9. The van der Waals surface area contributed by atoms with Crippen LogP contribution in [0.25, 0.3) is 0 Å². The van der Waals surface area contributed by atoms with Crippen molar-refractivity contribution in [3.05, 3.63) is 35.6 Å². The van der Waals surface area contributed by atoms with Crippen molar-refractivity contribution in [1.29, 1.82) is 0 Å². The summed E-state index contributed by atoms with van der Waals surface area (Å²) in [6.45, 7) is 4.75. The van der Waals surface area contributed by atoms with E-state index in [1.54, 1.807) is 13.0 Å². The second-order valence-corrected chi connectivity index (χ2v) is 3.63. The molecule has 1 amide bonds. The molecule has 1 aromatic rings. The molecule has 2 N–H and O–H groups in total. The van der Waals surface area contributed by atoms with Crippen LogP contribution < -0.4 is 10.6 Å². The van der Waals surface area contributed by atoms with Gasteiger partial charge in [0.25, 0.3) is 0 Å². The highest BCUT2D eigenvalue weighted by Crippen LogP contribution is 2.03. The first-order valence-corrected chi connectivity index (χ1v) is 5.39. The van der Waals surface area contributed by atoms with E-state index >= 15 is 0 Å². The maximum absolute atomic E-state index is 12.9. The Bertz CT molecular complexity index is 355. The number of nitrogens with one attached hydrogen (secondary N) is 2. The second-order valence-electron chi connectivity index (χ2n) is 3.63. The highest BCUT2D eigenvalue weighted by atomic mass is 19.1. The second kappa shape index (κ2) is 6.23. The first kappa shape index (κ1) is 12.6. The molecule has 0 saturated carbocycles. The van der Waals surface area contributed by atoms with Crippen LogP contribution in [0.3, 0.4) is 0 Å². The van der Waals surface area contributed by atoms with Gasteiger partial charge < -0.3 is 10.6 Å². The molecule has 16 heavy (non-hydrogen) atoms. The predicted molar refractivity (Wildman–Crippen MR) is 61.4 cm³/mol. The summed E-state index contributed by atoms with van der Waals surface area (Å²) in [5.74, 6) is -0.302. The topological polar surface area (TPSA) is 41.1 Å². The highest BCUT2D eigenvalue weighted by Gasteiger charge is 2.10. The van der Waals surface area contributed by atoms with E-state index in [2.05, 4.69) is 10.6 Å². The summed E-state index contributed by atoms with van der Waals surface area (Å²) in [5.41, 5.74) is 0.830.